The zero-order valence-electron chi connectivity index (χ0n) is 8.66. The van der Waals surface area contributed by atoms with Gasteiger partial charge in [0.05, 0.1) is 4.92 Å². The first-order valence-electron chi connectivity index (χ1n) is 4.82. The molecule has 0 bridgehead atoms. The molecule has 1 saturated carbocycles. The molecule has 0 aromatic carbocycles. The zero-order chi connectivity index (χ0) is 12.6. The van der Waals surface area contributed by atoms with E-state index < -0.39 is 20.6 Å². The standard InChI is InChI=1S/C8H10N4O4S/c9-8-7(12(13)14)3-6(4-10-8)17(15,16)11-5-1-2-5/h3-5,11H,1-2H2,(H2,9,10). The summed E-state index contributed by atoms with van der Waals surface area (Å²) in [5.74, 6) is -0.305. The molecular weight excluding hydrogens is 248 g/mol. The van der Waals surface area contributed by atoms with Gasteiger partial charge < -0.3 is 5.73 Å². The largest absolute Gasteiger partial charge is 0.378 e. The van der Waals surface area contributed by atoms with Crippen molar-refractivity contribution in [2.75, 3.05) is 5.73 Å². The highest BCUT2D eigenvalue weighted by Gasteiger charge is 2.29. The summed E-state index contributed by atoms with van der Waals surface area (Å²) in [6.45, 7) is 0. The summed E-state index contributed by atoms with van der Waals surface area (Å²) < 4.78 is 25.9. The third-order valence-electron chi connectivity index (χ3n) is 2.28. The zero-order valence-corrected chi connectivity index (χ0v) is 9.48. The van der Waals surface area contributed by atoms with E-state index in [9.17, 15) is 18.5 Å². The minimum atomic E-state index is -3.74. The number of nitrogens with one attached hydrogen (secondary N) is 1. The van der Waals surface area contributed by atoms with Crippen molar-refractivity contribution >= 4 is 21.5 Å². The number of nitro groups is 1. The van der Waals surface area contributed by atoms with E-state index in [0.29, 0.717) is 0 Å². The first-order chi connectivity index (χ1) is 7.90. The number of nitrogens with two attached hydrogens (primary N) is 1. The first kappa shape index (κ1) is 11.7. The van der Waals surface area contributed by atoms with Crippen LogP contribution in [-0.4, -0.2) is 24.4 Å². The number of rotatable bonds is 4. The predicted molar refractivity (Wildman–Crippen MR) is 58.6 cm³/mol. The summed E-state index contributed by atoms with van der Waals surface area (Å²) in [5, 5.41) is 10.6. The molecule has 0 unspecified atom stereocenters. The Hall–Kier alpha value is -1.74. The van der Waals surface area contributed by atoms with Crippen molar-refractivity contribution in [1.29, 1.82) is 0 Å². The highest BCUT2D eigenvalue weighted by atomic mass is 32.2. The van der Waals surface area contributed by atoms with Crippen LogP contribution in [0.1, 0.15) is 12.8 Å². The van der Waals surface area contributed by atoms with Crippen molar-refractivity contribution in [3.05, 3.63) is 22.4 Å². The molecule has 0 radical (unpaired) electrons. The molecule has 92 valence electrons. The second-order valence-electron chi connectivity index (χ2n) is 3.73. The SMILES string of the molecule is Nc1ncc(S(=O)(=O)NC2CC2)cc1[N+](=O)[O-]. The summed E-state index contributed by atoms with van der Waals surface area (Å²) >= 11 is 0. The van der Waals surface area contributed by atoms with Crippen LogP contribution in [0.2, 0.25) is 0 Å². The average Bonchev–Trinajstić information content (AvgIpc) is 3.00. The molecule has 1 heterocycles. The third kappa shape index (κ3) is 2.50. The van der Waals surface area contributed by atoms with Crippen LogP contribution in [0.3, 0.4) is 0 Å². The minimum Gasteiger partial charge on any atom is -0.378 e. The Kier molecular flexibility index (Phi) is 2.71. The summed E-state index contributed by atoms with van der Waals surface area (Å²) in [4.78, 5) is 13.1. The molecule has 17 heavy (non-hydrogen) atoms. The number of aromatic nitrogens is 1. The summed E-state index contributed by atoms with van der Waals surface area (Å²) in [7, 11) is -3.74. The van der Waals surface area contributed by atoms with Crippen molar-refractivity contribution in [1.82, 2.24) is 9.71 Å². The molecule has 0 amide bonds. The lowest BCUT2D eigenvalue weighted by atomic mass is 10.4. The lowest BCUT2D eigenvalue weighted by molar-refractivity contribution is -0.384. The topological polar surface area (TPSA) is 128 Å². The van der Waals surface area contributed by atoms with Crippen molar-refractivity contribution in [3.8, 4) is 0 Å². The van der Waals surface area contributed by atoms with Gasteiger partial charge in [0.25, 0.3) is 0 Å². The van der Waals surface area contributed by atoms with E-state index >= 15 is 0 Å². The molecule has 2 rings (SSSR count). The molecule has 1 aliphatic carbocycles. The van der Waals surface area contributed by atoms with E-state index in [2.05, 4.69) is 9.71 Å². The quantitative estimate of drug-likeness (QED) is 0.578. The van der Waals surface area contributed by atoms with Gasteiger partial charge in [0.2, 0.25) is 15.8 Å². The molecule has 0 spiro atoms. The number of hydrogen-bond acceptors (Lipinski definition) is 6. The number of hydrogen-bond donors (Lipinski definition) is 2. The van der Waals surface area contributed by atoms with Crippen LogP contribution in [0.25, 0.3) is 0 Å². The molecule has 1 aliphatic rings. The van der Waals surface area contributed by atoms with Gasteiger partial charge in [-0.25, -0.2) is 18.1 Å². The first-order valence-corrected chi connectivity index (χ1v) is 6.31. The molecule has 0 atom stereocenters. The van der Waals surface area contributed by atoms with Gasteiger partial charge in [-0.1, -0.05) is 0 Å². The van der Waals surface area contributed by atoms with Crippen LogP contribution < -0.4 is 10.5 Å². The van der Waals surface area contributed by atoms with Gasteiger partial charge in [-0.3, -0.25) is 10.1 Å². The van der Waals surface area contributed by atoms with Gasteiger partial charge in [0.15, 0.2) is 0 Å². The maximum absolute atomic E-state index is 11.8. The molecule has 1 aromatic heterocycles. The second kappa shape index (κ2) is 3.93. The molecule has 1 fully saturated rings. The van der Waals surface area contributed by atoms with Gasteiger partial charge in [-0.15, -0.1) is 0 Å². The average molecular weight is 258 g/mol. The van der Waals surface area contributed by atoms with Gasteiger partial charge in [-0.05, 0) is 12.8 Å². The Morgan fingerprint density at radius 3 is 2.71 bits per heavy atom. The normalized spacial score (nSPS) is 15.8. The number of pyridine rings is 1. The van der Waals surface area contributed by atoms with E-state index in [0.717, 1.165) is 25.1 Å². The van der Waals surface area contributed by atoms with Crippen LogP contribution in [0.4, 0.5) is 11.5 Å². The van der Waals surface area contributed by atoms with Crippen LogP contribution in [-0.2, 0) is 10.0 Å². The predicted octanol–water partition coefficient (Wildman–Crippen LogP) is 0.0127. The van der Waals surface area contributed by atoms with E-state index in [-0.39, 0.29) is 16.8 Å². The highest BCUT2D eigenvalue weighted by Crippen LogP contribution is 2.25. The Morgan fingerprint density at radius 2 is 2.18 bits per heavy atom. The Morgan fingerprint density at radius 1 is 1.53 bits per heavy atom. The Labute approximate surface area is 97.0 Å². The molecule has 1 aromatic rings. The Bertz CT molecular complexity index is 567. The number of nitrogen functional groups attached to an aromatic ring is 1. The lowest BCUT2D eigenvalue weighted by Crippen LogP contribution is -2.26. The fourth-order valence-corrected chi connectivity index (χ4v) is 2.50. The van der Waals surface area contributed by atoms with E-state index in [4.69, 9.17) is 5.73 Å². The maximum atomic E-state index is 11.8. The van der Waals surface area contributed by atoms with Crippen LogP contribution >= 0.6 is 0 Å². The van der Waals surface area contributed by atoms with E-state index in [1.807, 2.05) is 0 Å². The number of nitrogens with zero attached hydrogens (tertiary/aromatic N) is 2. The smallest absolute Gasteiger partial charge is 0.312 e. The van der Waals surface area contributed by atoms with Gasteiger partial charge in [0.1, 0.15) is 4.90 Å². The summed E-state index contributed by atoms with van der Waals surface area (Å²) in [5.41, 5.74) is 4.77. The van der Waals surface area contributed by atoms with Crippen LogP contribution in [0, 0.1) is 10.1 Å². The number of sulfonamides is 1. The molecule has 3 N–H and O–H groups in total. The van der Waals surface area contributed by atoms with E-state index in [1.54, 1.807) is 0 Å². The van der Waals surface area contributed by atoms with Crippen LogP contribution in [0.15, 0.2) is 17.2 Å². The number of anilines is 1. The molecule has 0 saturated heterocycles. The molecule has 0 aliphatic heterocycles. The minimum absolute atomic E-state index is 0.0726. The van der Waals surface area contributed by atoms with Crippen LogP contribution in [0.5, 0.6) is 0 Å². The fourth-order valence-electron chi connectivity index (χ4n) is 1.23. The van der Waals surface area contributed by atoms with Crippen molar-refractivity contribution < 1.29 is 13.3 Å². The van der Waals surface area contributed by atoms with Gasteiger partial charge in [-0.2, -0.15) is 0 Å². The van der Waals surface area contributed by atoms with Crippen molar-refractivity contribution in [2.24, 2.45) is 0 Å². The van der Waals surface area contributed by atoms with E-state index in [1.165, 1.54) is 0 Å². The molecular formula is C8H10N4O4S. The van der Waals surface area contributed by atoms with Crippen molar-refractivity contribution in [2.45, 2.75) is 23.8 Å². The maximum Gasteiger partial charge on any atom is 0.312 e. The summed E-state index contributed by atoms with van der Waals surface area (Å²) in [6, 6.07) is 0.837. The second-order valence-corrected chi connectivity index (χ2v) is 5.44. The lowest BCUT2D eigenvalue weighted by Gasteiger charge is -2.05. The third-order valence-corrected chi connectivity index (χ3v) is 3.77. The Balaban J connectivity index is 2.38. The highest BCUT2D eigenvalue weighted by molar-refractivity contribution is 7.89. The fraction of sp³-hybridized carbons (Fsp3) is 0.375. The van der Waals surface area contributed by atoms with Gasteiger partial charge in [0, 0.05) is 18.3 Å². The molecule has 9 heteroatoms. The van der Waals surface area contributed by atoms with Crippen molar-refractivity contribution in [3.63, 3.8) is 0 Å². The molecule has 8 nitrogen and oxygen atoms in total. The monoisotopic (exact) mass is 258 g/mol. The van der Waals surface area contributed by atoms with Gasteiger partial charge >= 0.3 is 5.69 Å². The summed E-state index contributed by atoms with van der Waals surface area (Å²) in [6.07, 6.45) is 2.57.